The summed E-state index contributed by atoms with van der Waals surface area (Å²) in [7, 11) is 1.60. The quantitative estimate of drug-likeness (QED) is 0.243. The van der Waals surface area contributed by atoms with E-state index in [-0.39, 0.29) is 5.92 Å². The Labute approximate surface area is 203 Å². The maximum atomic E-state index is 16.5. The van der Waals surface area contributed by atoms with Crippen molar-refractivity contribution < 1.29 is 23.5 Å². The topological polar surface area (TPSA) is 48.4 Å². The molecule has 0 amide bonds. The van der Waals surface area contributed by atoms with Gasteiger partial charge in [-0.3, -0.25) is 4.98 Å². The number of rotatable bonds is 6. The average molecular weight is 482 g/mol. The van der Waals surface area contributed by atoms with Crippen LogP contribution in [0.15, 0.2) is 67.4 Å². The number of hydrogen-bond donors (Lipinski definition) is 0. The van der Waals surface area contributed by atoms with Crippen LogP contribution in [0.3, 0.4) is 0 Å². The number of hydrogen-bond acceptors (Lipinski definition) is 4. The molecule has 3 aliphatic heterocycles. The van der Waals surface area contributed by atoms with Crippen molar-refractivity contribution in [2.45, 2.75) is 25.0 Å². The molecule has 2 bridgehead atoms. The van der Waals surface area contributed by atoms with Crippen LogP contribution >= 0.6 is 11.6 Å². The van der Waals surface area contributed by atoms with E-state index in [0.29, 0.717) is 41.8 Å². The maximum Gasteiger partial charge on any atom is 0.338 e. The van der Waals surface area contributed by atoms with Crippen molar-refractivity contribution in [2.24, 2.45) is 11.8 Å². The molecule has 3 saturated heterocycles. The van der Waals surface area contributed by atoms with E-state index < -0.39 is 22.8 Å². The van der Waals surface area contributed by atoms with E-state index in [2.05, 4.69) is 11.6 Å². The number of piperidine rings is 3. The van der Waals surface area contributed by atoms with Crippen LogP contribution in [-0.4, -0.2) is 41.9 Å². The van der Waals surface area contributed by atoms with E-state index in [4.69, 9.17) is 21.1 Å². The van der Waals surface area contributed by atoms with Crippen LogP contribution in [0, 0.1) is 11.8 Å². The van der Waals surface area contributed by atoms with Crippen molar-refractivity contribution in [3.8, 4) is 5.75 Å². The molecule has 2 aromatic carbocycles. The Balaban J connectivity index is 1.60. The number of benzene rings is 2. The van der Waals surface area contributed by atoms with Gasteiger partial charge in [0.05, 0.1) is 18.2 Å². The smallest absolute Gasteiger partial charge is 0.338 e. The zero-order valence-corrected chi connectivity index (χ0v) is 19.7. The van der Waals surface area contributed by atoms with Gasteiger partial charge in [0, 0.05) is 40.9 Å². The average Bonchev–Trinajstić information content (AvgIpc) is 2.86. The maximum absolute atomic E-state index is 16.5. The molecular weight excluding hydrogens is 455 g/mol. The molecule has 5 atom stereocenters. The standard InChI is InChI=1S/C27H27ClFN2O3/c1-3-17-16-31(29)13-11-19(17)14-25(31)26(34-27(32)18-4-6-20(28)7-5-18)22-10-12-30-24-9-8-21(33-2)15-23(22)24/h3-10,12,15,17,19,25-26H,1,11,13-14,16H2,2H3/q+1/t17?,19?,25?,26-,31?/m1/s1. The van der Waals surface area contributed by atoms with Crippen LogP contribution in [0.4, 0.5) is 4.48 Å². The Morgan fingerprint density at radius 1 is 1.26 bits per heavy atom. The van der Waals surface area contributed by atoms with Gasteiger partial charge in [0.2, 0.25) is 0 Å². The summed E-state index contributed by atoms with van der Waals surface area (Å²) in [6.45, 7) is 4.67. The molecule has 6 rings (SSSR count). The van der Waals surface area contributed by atoms with Crippen LogP contribution in [0.25, 0.3) is 10.9 Å². The van der Waals surface area contributed by atoms with Crippen LogP contribution in [-0.2, 0) is 4.74 Å². The van der Waals surface area contributed by atoms with Crippen molar-refractivity contribution in [2.75, 3.05) is 20.2 Å². The van der Waals surface area contributed by atoms with Crippen LogP contribution in [0.5, 0.6) is 5.75 Å². The Kier molecular flexibility index (Phi) is 6.04. The summed E-state index contributed by atoms with van der Waals surface area (Å²) in [5.41, 5.74) is 1.83. The summed E-state index contributed by atoms with van der Waals surface area (Å²) in [6, 6.07) is 13.4. The molecule has 0 saturated carbocycles. The number of ether oxygens (including phenoxy) is 2. The molecular formula is C27H27ClFN2O3+. The van der Waals surface area contributed by atoms with Gasteiger partial charge < -0.3 is 9.47 Å². The first-order valence-corrected chi connectivity index (χ1v) is 11.9. The minimum absolute atomic E-state index is 0.122. The second kappa shape index (κ2) is 9.01. The minimum atomic E-state index is -0.792. The molecule has 3 aliphatic rings. The Hall–Kier alpha value is -2.96. The molecule has 1 aromatic heterocycles. The number of pyridine rings is 1. The summed E-state index contributed by atoms with van der Waals surface area (Å²) < 4.78 is 27.4. The lowest BCUT2D eigenvalue weighted by Gasteiger charge is -2.50. The highest BCUT2D eigenvalue weighted by Crippen LogP contribution is 2.48. The molecule has 0 spiro atoms. The van der Waals surface area contributed by atoms with Crippen molar-refractivity contribution in [3.63, 3.8) is 0 Å². The first-order valence-electron chi connectivity index (χ1n) is 11.5. The molecule has 7 heteroatoms. The highest BCUT2D eigenvalue weighted by molar-refractivity contribution is 6.30. The fraction of sp³-hybridized carbons (Fsp3) is 0.333. The van der Waals surface area contributed by atoms with Gasteiger partial charge in [-0.2, -0.15) is 0 Å². The molecule has 5 nitrogen and oxygen atoms in total. The number of carbonyl (C=O) groups is 1. The number of esters is 1. The SMILES string of the molecule is C=CC1C[N+]2(F)CCC1CC2[C@H](OC(=O)c1ccc(Cl)cc1)c1ccnc2ccc(OC)cc12. The minimum Gasteiger partial charge on any atom is -0.497 e. The van der Waals surface area contributed by atoms with E-state index in [1.165, 1.54) is 0 Å². The van der Waals surface area contributed by atoms with E-state index in [9.17, 15) is 4.79 Å². The van der Waals surface area contributed by atoms with Crippen molar-refractivity contribution >= 4 is 28.5 Å². The summed E-state index contributed by atoms with van der Waals surface area (Å²) in [5, 5.41) is 1.31. The van der Waals surface area contributed by atoms with E-state index >= 15 is 4.48 Å². The summed E-state index contributed by atoms with van der Waals surface area (Å²) in [6.07, 6.45) is 4.16. The van der Waals surface area contributed by atoms with Gasteiger partial charge in [-0.1, -0.05) is 17.7 Å². The highest BCUT2D eigenvalue weighted by Gasteiger charge is 2.57. The van der Waals surface area contributed by atoms with Gasteiger partial charge in [-0.25, -0.2) is 4.79 Å². The largest absolute Gasteiger partial charge is 0.497 e. The fourth-order valence-electron chi connectivity index (χ4n) is 5.55. The molecule has 4 unspecified atom stereocenters. The van der Waals surface area contributed by atoms with Gasteiger partial charge in [0.25, 0.3) is 0 Å². The molecule has 176 valence electrons. The van der Waals surface area contributed by atoms with E-state index in [1.54, 1.807) is 37.6 Å². The predicted octanol–water partition coefficient (Wildman–Crippen LogP) is 6.09. The number of aromatic nitrogens is 1. The molecule has 0 N–H and O–H groups in total. The van der Waals surface area contributed by atoms with Crippen LogP contribution in [0.1, 0.15) is 34.9 Å². The third kappa shape index (κ3) is 4.05. The normalized spacial score (nSPS) is 26.7. The second-order valence-corrected chi connectivity index (χ2v) is 9.64. The zero-order valence-electron chi connectivity index (χ0n) is 19.0. The summed E-state index contributed by atoms with van der Waals surface area (Å²) >= 11 is 5.99. The van der Waals surface area contributed by atoms with Crippen molar-refractivity contribution in [3.05, 3.63) is 83.5 Å². The monoisotopic (exact) mass is 481 g/mol. The first-order chi connectivity index (χ1) is 16.4. The molecule has 3 fully saturated rings. The molecule has 0 radical (unpaired) electrons. The van der Waals surface area contributed by atoms with E-state index in [1.807, 2.05) is 30.3 Å². The van der Waals surface area contributed by atoms with Gasteiger partial charge in [0.1, 0.15) is 18.8 Å². The number of methoxy groups -OCH3 is 1. The lowest BCUT2D eigenvalue weighted by Crippen LogP contribution is -2.64. The first kappa shape index (κ1) is 22.8. The number of carbonyl (C=O) groups excluding carboxylic acids is 1. The Bertz CT molecular complexity index is 1230. The Morgan fingerprint density at radius 3 is 2.76 bits per heavy atom. The lowest BCUT2D eigenvalue weighted by molar-refractivity contribution is -1.09. The van der Waals surface area contributed by atoms with Gasteiger partial charge in [-0.05, 0) is 58.9 Å². The van der Waals surface area contributed by atoms with Crippen LogP contribution in [0.2, 0.25) is 5.02 Å². The third-order valence-corrected chi connectivity index (χ3v) is 7.64. The molecule has 0 aliphatic carbocycles. The van der Waals surface area contributed by atoms with Crippen molar-refractivity contribution in [1.29, 1.82) is 0 Å². The Morgan fingerprint density at radius 2 is 2.06 bits per heavy atom. The molecule has 3 aromatic rings. The summed E-state index contributed by atoms with van der Waals surface area (Å²) in [4.78, 5) is 17.7. The number of fused-ring (bicyclic) bond motifs is 4. The van der Waals surface area contributed by atoms with Crippen LogP contribution < -0.4 is 4.74 Å². The number of halogens is 2. The number of nitrogens with zero attached hydrogens (tertiary/aromatic N) is 2. The van der Waals surface area contributed by atoms with Gasteiger partial charge in [0.15, 0.2) is 12.1 Å². The zero-order chi connectivity index (χ0) is 23.9. The highest BCUT2D eigenvalue weighted by atomic mass is 35.5. The third-order valence-electron chi connectivity index (χ3n) is 7.39. The van der Waals surface area contributed by atoms with Gasteiger partial charge in [-0.15, -0.1) is 11.3 Å². The fourth-order valence-corrected chi connectivity index (χ4v) is 5.68. The summed E-state index contributed by atoms with van der Waals surface area (Å²) in [5.74, 6) is 0.587. The van der Waals surface area contributed by atoms with E-state index in [0.717, 1.165) is 22.9 Å². The van der Waals surface area contributed by atoms with Crippen molar-refractivity contribution in [1.82, 2.24) is 4.98 Å². The van der Waals surface area contributed by atoms with Gasteiger partial charge >= 0.3 is 5.97 Å². The number of quaternary nitrogens is 1. The lowest BCUT2D eigenvalue weighted by atomic mass is 9.73. The second-order valence-electron chi connectivity index (χ2n) is 9.20. The molecule has 34 heavy (non-hydrogen) atoms. The molecule has 4 heterocycles. The predicted molar refractivity (Wildman–Crippen MR) is 129 cm³/mol.